The molecule has 2 fully saturated rings. The van der Waals surface area contributed by atoms with Crippen LogP contribution in [0.4, 0.5) is 0 Å². The highest BCUT2D eigenvalue weighted by Crippen LogP contribution is 2.30. The molecule has 0 aromatic rings. The smallest absolute Gasteiger partial charge is 0.220 e. The predicted molar refractivity (Wildman–Crippen MR) is 332 cm³/mol. The first-order valence-electron chi connectivity index (χ1n) is 32.5. The molecule has 0 bridgehead atoms. The van der Waals surface area contributed by atoms with E-state index in [9.17, 15) is 45.6 Å². The lowest BCUT2D eigenvalue weighted by atomic mass is 9.97. The van der Waals surface area contributed by atoms with Crippen LogP contribution in [0.15, 0.2) is 97.2 Å². The molecule has 0 saturated carbocycles. The van der Waals surface area contributed by atoms with Gasteiger partial charge < -0.3 is 65.1 Å². The van der Waals surface area contributed by atoms with E-state index in [-0.39, 0.29) is 12.5 Å². The molecule has 14 heteroatoms. The Hall–Kier alpha value is -3.09. The number of hydrogen-bond acceptors (Lipinski definition) is 13. The lowest BCUT2D eigenvalue weighted by Crippen LogP contribution is -2.65. The van der Waals surface area contributed by atoms with Gasteiger partial charge in [0.05, 0.1) is 32.0 Å². The van der Waals surface area contributed by atoms with Crippen LogP contribution in [0.3, 0.4) is 0 Å². The number of allylic oxidation sites excluding steroid dienone is 16. The summed E-state index contributed by atoms with van der Waals surface area (Å²) in [5.41, 5.74) is 0. The van der Waals surface area contributed by atoms with Crippen molar-refractivity contribution in [1.29, 1.82) is 0 Å². The van der Waals surface area contributed by atoms with E-state index in [0.717, 1.165) is 109 Å². The third-order valence-electron chi connectivity index (χ3n) is 15.3. The van der Waals surface area contributed by atoms with Gasteiger partial charge in [-0.2, -0.15) is 0 Å². The highest BCUT2D eigenvalue weighted by atomic mass is 16.7. The molecule has 472 valence electrons. The van der Waals surface area contributed by atoms with Crippen LogP contribution in [0.1, 0.15) is 232 Å². The van der Waals surface area contributed by atoms with Gasteiger partial charge in [0.2, 0.25) is 5.91 Å². The number of nitrogens with one attached hydrogen (secondary N) is 1. The third kappa shape index (κ3) is 36.7. The zero-order chi connectivity index (χ0) is 59.5. The molecule has 0 spiro atoms. The summed E-state index contributed by atoms with van der Waals surface area (Å²) >= 11 is 0. The predicted octanol–water partition coefficient (Wildman–Crippen LogP) is 12.2. The fourth-order valence-electron chi connectivity index (χ4n) is 10.1. The zero-order valence-electron chi connectivity index (χ0n) is 50.9. The molecule has 12 atom stereocenters. The highest BCUT2D eigenvalue weighted by molar-refractivity contribution is 5.76. The zero-order valence-corrected chi connectivity index (χ0v) is 50.9. The van der Waals surface area contributed by atoms with Gasteiger partial charge in [0, 0.05) is 6.42 Å². The van der Waals surface area contributed by atoms with Crippen molar-refractivity contribution in [1.82, 2.24) is 5.32 Å². The Bertz CT molecular complexity index is 1740. The molecule has 2 rings (SSSR count). The van der Waals surface area contributed by atoms with Gasteiger partial charge in [0.15, 0.2) is 12.6 Å². The van der Waals surface area contributed by atoms with Crippen molar-refractivity contribution in [2.45, 2.75) is 306 Å². The van der Waals surface area contributed by atoms with Crippen LogP contribution in [0.25, 0.3) is 0 Å². The molecule has 1 amide bonds. The monoisotopic (exact) mass is 1160 g/mol. The summed E-state index contributed by atoms with van der Waals surface area (Å²) in [7, 11) is 0. The Balaban J connectivity index is 1.60. The summed E-state index contributed by atoms with van der Waals surface area (Å²) in [4.78, 5) is 13.3. The van der Waals surface area contributed by atoms with Gasteiger partial charge in [-0.1, -0.05) is 246 Å². The van der Waals surface area contributed by atoms with Gasteiger partial charge in [0.1, 0.15) is 48.8 Å². The molecule has 12 unspecified atom stereocenters. The lowest BCUT2D eigenvalue weighted by Gasteiger charge is -2.46. The second kappa shape index (κ2) is 52.3. The number of aliphatic hydroxyl groups is 8. The number of ether oxygens (including phenoxy) is 4. The summed E-state index contributed by atoms with van der Waals surface area (Å²) in [6.07, 6.45) is 55.7. The van der Waals surface area contributed by atoms with Crippen molar-refractivity contribution in [2.24, 2.45) is 0 Å². The maximum absolute atomic E-state index is 13.3. The maximum Gasteiger partial charge on any atom is 0.220 e. The first-order chi connectivity index (χ1) is 40.1. The van der Waals surface area contributed by atoms with Gasteiger partial charge in [-0.3, -0.25) is 4.79 Å². The van der Waals surface area contributed by atoms with Crippen molar-refractivity contribution < 1.29 is 64.6 Å². The van der Waals surface area contributed by atoms with Crippen LogP contribution < -0.4 is 5.32 Å². The Morgan fingerprint density at radius 2 is 0.841 bits per heavy atom. The number of carbonyl (C=O) groups is 1. The van der Waals surface area contributed by atoms with E-state index >= 15 is 0 Å². The van der Waals surface area contributed by atoms with Crippen molar-refractivity contribution in [3.63, 3.8) is 0 Å². The van der Waals surface area contributed by atoms with Crippen LogP contribution in [-0.4, -0.2) is 140 Å². The maximum atomic E-state index is 13.3. The van der Waals surface area contributed by atoms with Crippen LogP contribution in [0.2, 0.25) is 0 Å². The minimum absolute atomic E-state index is 0.213. The number of unbranched alkanes of at least 4 members (excludes halogenated alkanes) is 22. The molecule has 9 N–H and O–H groups in total. The number of carbonyl (C=O) groups excluding carboxylic acids is 1. The number of aliphatic hydroxyl groups excluding tert-OH is 8. The van der Waals surface area contributed by atoms with E-state index < -0.39 is 86.8 Å². The standard InChI is InChI=1S/C68H117NO13/c1-3-5-7-9-11-13-15-16-17-18-19-20-21-22-23-24-25-26-27-28-29-30-31-32-33-34-35-36-37-38-39-40-42-44-46-48-50-52-60(73)69-56(57(72)51-49-47-45-43-41-14-12-10-8-6-4-2)55-79-67-65(78)63(76)66(59(54-71)81-67)82-68-64(77)62(75)61(74)58(53-70)80-68/h5,7,11,13,16-17,19-20,22-23,25-26,28-29,31-32,56-59,61-68,70-72,74-78H,3-4,6,8-10,12,14-15,18,21,24,27,30,33-55H2,1-2H3,(H,69,73)/b7-5-,13-11-,17-16-,20-19-,23-22-,26-25-,29-28-,32-31-. The second-order valence-corrected chi connectivity index (χ2v) is 22.5. The molecule has 0 aromatic carbocycles. The van der Waals surface area contributed by atoms with Crippen LogP contribution in [0.5, 0.6) is 0 Å². The van der Waals surface area contributed by atoms with Gasteiger partial charge in [-0.05, 0) is 77.0 Å². The van der Waals surface area contributed by atoms with E-state index in [1.807, 2.05) is 0 Å². The highest BCUT2D eigenvalue weighted by Gasteiger charge is 2.51. The van der Waals surface area contributed by atoms with E-state index in [1.54, 1.807) is 0 Å². The fraction of sp³-hybridized carbons (Fsp3) is 0.750. The lowest BCUT2D eigenvalue weighted by molar-refractivity contribution is -0.359. The number of amides is 1. The molecule has 14 nitrogen and oxygen atoms in total. The van der Waals surface area contributed by atoms with E-state index in [4.69, 9.17) is 18.9 Å². The number of hydrogen-bond donors (Lipinski definition) is 9. The quantitative estimate of drug-likeness (QED) is 0.0204. The van der Waals surface area contributed by atoms with Crippen molar-refractivity contribution >= 4 is 5.91 Å². The summed E-state index contributed by atoms with van der Waals surface area (Å²) in [5.74, 6) is -0.213. The molecule has 0 aromatic heterocycles. The molecular formula is C68H117NO13. The van der Waals surface area contributed by atoms with Crippen molar-refractivity contribution in [3.8, 4) is 0 Å². The molecule has 0 aliphatic carbocycles. The Kier molecular flexibility index (Phi) is 47.8. The summed E-state index contributed by atoms with van der Waals surface area (Å²) in [5, 5.41) is 87.2. The topological polar surface area (TPSA) is 228 Å². The first-order valence-corrected chi connectivity index (χ1v) is 32.5. The second-order valence-electron chi connectivity index (χ2n) is 22.5. The van der Waals surface area contributed by atoms with E-state index in [2.05, 4.69) is 116 Å². The summed E-state index contributed by atoms with van der Waals surface area (Å²) in [6.45, 7) is 2.72. The third-order valence-corrected chi connectivity index (χ3v) is 15.3. The average Bonchev–Trinajstić information content (AvgIpc) is 3.22. The van der Waals surface area contributed by atoms with Gasteiger partial charge in [0.25, 0.3) is 0 Å². The van der Waals surface area contributed by atoms with Crippen LogP contribution >= 0.6 is 0 Å². The minimum atomic E-state index is -1.79. The van der Waals surface area contributed by atoms with Crippen LogP contribution in [0, 0.1) is 0 Å². The van der Waals surface area contributed by atoms with Gasteiger partial charge >= 0.3 is 0 Å². The summed E-state index contributed by atoms with van der Waals surface area (Å²) < 4.78 is 22.8. The summed E-state index contributed by atoms with van der Waals surface area (Å²) in [6, 6.07) is -0.834. The normalized spacial score (nSPS) is 24.6. The molecule has 82 heavy (non-hydrogen) atoms. The van der Waals surface area contributed by atoms with Crippen molar-refractivity contribution in [3.05, 3.63) is 97.2 Å². The Morgan fingerprint density at radius 3 is 1.29 bits per heavy atom. The molecular weight excluding hydrogens is 1040 g/mol. The van der Waals surface area contributed by atoms with Crippen LogP contribution in [-0.2, 0) is 23.7 Å². The molecule has 2 heterocycles. The molecule has 0 radical (unpaired) electrons. The first kappa shape index (κ1) is 75.0. The van der Waals surface area contributed by atoms with Gasteiger partial charge in [-0.15, -0.1) is 0 Å². The minimum Gasteiger partial charge on any atom is -0.394 e. The van der Waals surface area contributed by atoms with E-state index in [0.29, 0.717) is 12.8 Å². The van der Waals surface area contributed by atoms with E-state index in [1.165, 1.54) is 96.3 Å². The van der Waals surface area contributed by atoms with Crippen molar-refractivity contribution in [2.75, 3.05) is 19.8 Å². The van der Waals surface area contributed by atoms with Gasteiger partial charge in [-0.25, -0.2) is 0 Å². The molecule has 2 aliphatic rings. The Morgan fingerprint density at radius 1 is 0.451 bits per heavy atom. The largest absolute Gasteiger partial charge is 0.394 e. The molecule has 2 aliphatic heterocycles. The fourth-order valence-corrected chi connectivity index (χ4v) is 10.1. The SMILES string of the molecule is CC/C=C\C/C=C\C/C=C\C/C=C\C/C=C\C/C=C\C/C=C\C/C=C\CCCCCCCCCCCCCCC(=O)NC(COC1OC(CO)C(OC2OC(CO)C(O)C(O)C2O)C(O)C1O)C(O)CCCCCCCCCCCCC. The molecule has 2 saturated heterocycles. The average molecular weight is 1160 g/mol. The Labute approximate surface area is 496 Å². The number of rotatable bonds is 51.